The molecular weight excluding hydrogens is 320 g/mol. The molecule has 0 spiro atoms. The van der Waals surface area contributed by atoms with E-state index in [2.05, 4.69) is 15.6 Å². The number of nitrogens with two attached hydrogens (primary N) is 1. The molecule has 0 aliphatic rings. The fraction of sp³-hybridized carbons (Fsp3) is 0. The fourth-order valence-electron chi connectivity index (χ4n) is 2.15. The maximum Gasteiger partial charge on any atom is 0.294 e. The summed E-state index contributed by atoms with van der Waals surface area (Å²) in [5.74, 6) is -0.341. The standard InChI is InChI=1S/C15H11ClN4O3/c16-8-4-5-11(18-6-8)20-15(22)14-13(19-7-21)12-9(17)2-1-3-10(12)23-14/h1-7H,17H2,(H,19,21)(H,18,20,22). The van der Waals surface area contributed by atoms with Crippen molar-refractivity contribution in [3.05, 3.63) is 47.3 Å². The molecule has 0 atom stereocenters. The molecule has 4 N–H and O–H groups in total. The van der Waals surface area contributed by atoms with Gasteiger partial charge in [-0.3, -0.25) is 9.59 Å². The summed E-state index contributed by atoms with van der Waals surface area (Å²) in [6, 6.07) is 8.12. The first kappa shape index (κ1) is 14.9. The van der Waals surface area contributed by atoms with Gasteiger partial charge in [-0.05, 0) is 24.3 Å². The molecule has 7 nitrogen and oxygen atoms in total. The first-order chi connectivity index (χ1) is 11.1. The highest BCUT2D eigenvalue weighted by Gasteiger charge is 2.22. The predicted octanol–water partition coefficient (Wildman–Crippen LogP) is 2.88. The number of hydrogen-bond acceptors (Lipinski definition) is 5. The van der Waals surface area contributed by atoms with Gasteiger partial charge in [-0.25, -0.2) is 4.98 Å². The van der Waals surface area contributed by atoms with Gasteiger partial charge in [0.1, 0.15) is 17.1 Å². The Morgan fingerprint density at radius 1 is 1.30 bits per heavy atom. The molecule has 1 aromatic carbocycles. The third kappa shape index (κ3) is 2.82. The number of amides is 2. The number of nitrogens with zero attached hydrogens (tertiary/aromatic N) is 1. The molecule has 3 rings (SSSR count). The number of anilines is 3. The zero-order valence-electron chi connectivity index (χ0n) is 11.7. The summed E-state index contributed by atoms with van der Waals surface area (Å²) >= 11 is 5.75. The Morgan fingerprint density at radius 2 is 2.13 bits per heavy atom. The molecular formula is C15H11ClN4O3. The molecule has 0 saturated carbocycles. The van der Waals surface area contributed by atoms with Crippen molar-refractivity contribution >= 4 is 52.1 Å². The number of pyridine rings is 1. The van der Waals surface area contributed by atoms with Crippen molar-refractivity contribution < 1.29 is 14.0 Å². The normalized spacial score (nSPS) is 10.5. The summed E-state index contributed by atoms with van der Waals surface area (Å²) < 4.78 is 5.52. The lowest BCUT2D eigenvalue weighted by molar-refractivity contribution is -0.105. The molecule has 2 amide bonds. The molecule has 3 aromatic rings. The van der Waals surface area contributed by atoms with Crippen molar-refractivity contribution in [3.63, 3.8) is 0 Å². The zero-order chi connectivity index (χ0) is 16.4. The van der Waals surface area contributed by atoms with Crippen molar-refractivity contribution in [2.45, 2.75) is 0 Å². The SMILES string of the molecule is Nc1cccc2oc(C(=O)Nc3ccc(Cl)cn3)c(NC=O)c12. The first-order valence-corrected chi connectivity index (χ1v) is 6.92. The summed E-state index contributed by atoms with van der Waals surface area (Å²) in [7, 11) is 0. The topological polar surface area (TPSA) is 110 Å². The second-order valence-corrected chi connectivity index (χ2v) is 5.04. The van der Waals surface area contributed by atoms with E-state index in [1.807, 2.05) is 0 Å². The van der Waals surface area contributed by atoms with Gasteiger partial charge < -0.3 is 20.8 Å². The van der Waals surface area contributed by atoms with Crippen LogP contribution in [-0.2, 0) is 4.79 Å². The number of fused-ring (bicyclic) bond motifs is 1. The lowest BCUT2D eigenvalue weighted by Gasteiger charge is -2.04. The highest BCUT2D eigenvalue weighted by Crippen LogP contribution is 2.35. The van der Waals surface area contributed by atoms with E-state index in [9.17, 15) is 9.59 Å². The van der Waals surface area contributed by atoms with E-state index in [1.165, 1.54) is 6.20 Å². The molecule has 0 bridgehead atoms. The van der Waals surface area contributed by atoms with Crippen LogP contribution in [0, 0.1) is 0 Å². The van der Waals surface area contributed by atoms with Gasteiger partial charge in [0.05, 0.1) is 10.4 Å². The van der Waals surface area contributed by atoms with Crippen LogP contribution in [-0.4, -0.2) is 17.3 Å². The molecule has 0 saturated heterocycles. The van der Waals surface area contributed by atoms with E-state index in [-0.39, 0.29) is 11.4 Å². The lowest BCUT2D eigenvalue weighted by Crippen LogP contribution is -2.14. The molecule has 0 aliphatic carbocycles. The predicted molar refractivity (Wildman–Crippen MR) is 87.5 cm³/mol. The molecule has 23 heavy (non-hydrogen) atoms. The molecule has 0 aliphatic heterocycles. The Hall–Kier alpha value is -3.06. The highest BCUT2D eigenvalue weighted by atomic mass is 35.5. The molecule has 0 radical (unpaired) electrons. The van der Waals surface area contributed by atoms with Gasteiger partial charge in [-0.1, -0.05) is 17.7 Å². The highest BCUT2D eigenvalue weighted by molar-refractivity contribution is 6.30. The number of hydrogen-bond donors (Lipinski definition) is 3. The third-order valence-corrected chi connectivity index (χ3v) is 3.35. The van der Waals surface area contributed by atoms with Crippen LogP contribution >= 0.6 is 11.6 Å². The van der Waals surface area contributed by atoms with Gasteiger partial charge >= 0.3 is 0 Å². The largest absolute Gasteiger partial charge is 0.449 e. The average Bonchev–Trinajstić information content (AvgIpc) is 2.90. The summed E-state index contributed by atoms with van der Waals surface area (Å²) in [5, 5.41) is 5.94. The van der Waals surface area contributed by atoms with Crippen LogP contribution in [0.3, 0.4) is 0 Å². The van der Waals surface area contributed by atoms with Crippen molar-refractivity contribution in [2.24, 2.45) is 0 Å². The summed E-state index contributed by atoms with van der Waals surface area (Å²) in [6.07, 6.45) is 1.85. The monoisotopic (exact) mass is 330 g/mol. The number of benzene rings is 1. The zero-order valence-corrected chi connectivity index (χ0v) is 12.4. The smallest absolute Gasteiger partial charge is 0.294 e. The summed E-state index contributed by atoms with van der Waals surface area (Å²) in [6.45, 7) is 0. The Morgan fingerprint density at radius 3 is 2.83 bits per heavy atom. The van der Waals surface area contributed by atoms with Crippen LogP contribution in [0.1, 0.15) is 10.6 Å². The number of furan rings is 1. The van der Waals surface area contributed by atoms with E-state index >= 15 is 0 Å². The third-order valence-electron chi connectivity index (χ3n) is 3.13. The van der Waals surface area contributed by atoms with Crippen LogP contribution in [0.5, 0.6) is 0 Å². The number of carbonyl (C=O) groups excluding carboxylic acids is 2. The van der Waals surface area contributed by atoms with Crippen LogP contribution in [0.4, 0.5) is 17.2 Å². The van der Waals surface area contributed by atoms with Crippen molar-refractivity contribution in [3.8, 4) is 0 Å². The Bertz CT molecular complexity index is 890. The van der Waals surface area contributed by atoms with Crippen LogP contribution in [0.15, 0.2) is 40.9 Å². The number of rotatable bonds is 4. The maximum atomic E-state index is 12.4. The van der Waals surface area contributed by atoms with Crippen LogP contribution in [0.2, 0.25) is 5.02 Å². The molecule has 8 heteroatoms. The minimum absolute atomic E-state index is 0.0678. The minimum Gasteiger partial charge on any atom is -0.449 e. The van der Waals surface area contributed by atoms with Gasteiger partial charge in [0.25, 0.3) is 5.91 Å². The maximum absolute atomic E-state index is 12.4. The van der Waals surface area contributed by atoms with Gasteiger partial charge in [-0.2, -0.15) is 0 Å². The molecule has 0 fully saturated rings. The number of carbonyl (C=O) groups is 2. The van der Waals surface area contributed by atoms with Gasteiger partial charge in [-0.15, -0.1) is 0 Å². The fourth-order valence-corrected chi connectivity index (χ4v) is 2.27. The summed E-state index contributed by atoms with van der Waals surface area (Å²) in [4.78, 5) is 27.2. The van der Waals surface area contributed by atoms with Gasteiger partial charge in [0.2, 0.25) is 12.2 Å². The van der Waals surface area contributed by atoms with E-state index in [0.29, 0.717) is 33.9 Å². The Labute approximate surface area is 135 Å². The minimum atomic E-state index is -0.570. The van der Waals surface area contributed by atoms with Crippen molar-refractivity contribution in [2.75, 3.05) is 16.4 Å². The number of nitrogens with one attached hydrogen (secondary N) is 2. The lowest BCUT2D eigenvalue weighted by atomic mass is 10.2. The Balaban J connectivity index is 2.02. The van der Waals surface area contributed by atoms with Gasteiger partial charge in [0, 0.05) is 11.9 Å². The van der Waals surface area contributed by atoms with E-state index in [1.54, 1.807) is 30.3 Å². The second kappa shape index (κ2) is 5.98. The second-order valence-electron chi connectivity index (χ2n) is 4.60. The Kier molecular flexibility index (Phi) is 3.86. The molecule has 116 valence electrons. The quantitative estimate of drug-likeness (QED) is 0.503. The molecule has 2 heterocycles. The average molecular weight is 331 g/mol. The van der Waals surface area contributed by atoms with E-state index in [4.69, 9.17) is 21.8 Å². The number of halogens is 1. The van der Waals surface area contributed by atoms with E-state index in [0.717, 1.165) is 0 Å². The van der Waals surface area contributed by atoms with Crippen LogP contribution in [0.25, 0.3) is 11.0 Å². The van der Waals surface area contributed by atoms with Crippen LogP contribution < -0.4 is 16.4 Å². The van der Waals surface area contributed by atoms with Crippen molar-refractivity contribution in [1.82, 2.24) is 4.98 Å². The number of nitrogen functional groups attached to an aromatic ring is 1. The van der Waals surface area contributed by atoms with Gasteiger partial charge in [0.15, 0.2) is 0 Å². The molecule has 2 aromatic heterocycles. The van der Waals surface area contributed by atoms with Crippen molar-refractivity contribution in [1.29, 1.82) is 0 Å². The number of aromatic nitrogens is 1. The molecule has 0 unspecified atom stereocenters. The first-order valence-electron chi connectivity index (χ1n) is 6.54. The summed E-state index contributed by atoms with van der Waals surface area (Å²) in [5.41, 5.74) is 6.88. The van der Waals surface area contributed by atoms with E-state index < -0.39 is 5.91 Å².